The zero-order chi connectivity index (χ0) is 20.9. The fourth-order valence-corrected chi connectivity index (χ4v) is 4.96. The lowest BCUT2D eigenvalue weighted by Crippen LogP contribution is -2.51. The minimum Gasteiger partial charge on any atom is -0.469 e. The molecule has 0 spiro atoms. The molecular formula is C25H38N2O2. The first kappa shape index (κ1) is 22.1. The molecule has 1 aromatic carbocycles. The molecule has 0 amide bonds. The van der Waals surface area contributed by atoms with E-state index in [2.05, 4.69) is 75.4 Å². The quantitative estimate of drug-likeness (QED) is 0.614. The van der Waals surface area contributed by atoms with Crippen LogP contribution in [0.3, 0.4) is 0 Å². The van der Waals surface area contributed by atoms with Crippen LogP contribution in [0.25, 0.3) is 0 Å². The Bertz CT molecular complexity index is 737. The molecular weight excluding hydrogens is 360 g/mol. The molecule has 1 N–H and O–H groups in total. The van der Waals surface area contributed by atoms with Gasteiger partial charge in [-0.25, -0.2) is 0 Å². The largest absolute Gasteiger partial charge is 0.469 e. The Balaban J connectivity index is 1.63. The van der Waals surface area contributed by atoms with Crippen molar-refractivity contribution in [1.82, 2.24) is 10.2 Å². The molecule has 2 heterocycles. The maximum absolute atomic E-state index is 6.00. The highest BCUT2D eigenvalue weighted by Crippen LogP contribution is 2.39. The molecule has 0 aliphatic carbocycles. The zero-order valence-electron chi connectivity index (χ0n) is 18.8. The molecule has 2 atom stereocenters. The van der Waals surface area contributed by atoms with Gasteiger partial charge in [0.1, 0.15) is 5.76 Å². The van der Waals surface area contributed by atoms with E-state index in [1.807, 2.05) is 6.07 Å². The van der Waals surface area contributed by atoms with Gasteiger partial charge in [0, 0.05) is 31.0 Å². The molecule has 1 aliphatic heterocycles. The third kappa shape index (κ3) is 6.18. The van der Waals surface area contributed by atoms with Crippen LogP contribution in [0.2, 0.25) is 0 Å². The zero-order valence-corrected chi connectivity index (χ0v) is 18.8. The van der Waals surface area contributed by atoms with Crippen molar-refractivity contribution in [2.24, 2.45) is 5.41 Å². The van der Waals surface area contributed by atoms with Crippen LogP contribution in [0.4, 0.5) is 0 Å². The van der Waals surface area contributed by atoms with Gasteiger partial charge >= 0.3 is 0 Å². The molecule has 29 heavy (non-hydrogen) atoms. The van der Waals surface area contributed by atoms with Crippen molar-refractivity contribution in [2.75, 3.05) is 40.3 Å². The molecule has 1 saturated heterocycles. The maximum Gasteiger partial charge on any atom is 0.111 e. The molecule has 3 rings (SSSR count). The van der Waals surface area contributed by atoms with Gasteiger partial charge in [0.2, 0.25) is 0 Å². The van der Waals surface area contributed by atoms with E-state index in [4.69, 9.17) is 9.15 Å². The molecule has 4 nitrogen and oxygen atoms in total. The van der Waals surface area contributed by atoms with Crippen molar-refractivity contribution in [1.29, 1.82) is 0 Å². The van der Waals surface area contributed by atoms with Crippen molar-refractivity contribution in [2.45, 2.75) is 51.6 Å². The number of nitrogens with one attached hydrogen (secondary N) is 1. The summed E-state index contributed by atoms with van der Waals surface area (Å²) in [6, 6.07) is 12.9. The number of hydrogen-bond acceptors (Lipinski definition) is 4. The number of nitrogens with zero attached hydrogens (tertiary/aromatic N) is 1. The lowest BCUT2D eigenvalue weighted by molar-refractivity contribution is -0.109. The second kappa shape index (κ2) is 9.46. The molecule has 2 aromatic rings. The normalized spacial score (nSPS) is 22.7. The molecule has 1 aliphatic rings. The van der Waals surface area contributed by atoms with Crippen LogP contribution in [0.1, 0.15) is 55.9 Å². The van der Waals surface area contributed by atoms with Crippen molar-refractivity contribution in [3.05, 3.63) is 59.5 Å². The van der Waals surface area contributed by atoms with E-state index in [1.165, 1.54) is 11.1 Å². The summed E-state index contributed by atoms with van der Waals surface area (Å²) in [4.78, 5) is 2.32. The van der Waals surface area contributed by atoms with Crippen molar-refractivity contribution in [3.63, 3.8) is 0 Å². The molecule has 4 heteroatoms. The van der Waals surface area contributed by atoms with Crippen molar-refractivity contribution in [3.8, 4) is 0 Å². The minimum atomic E-state index is -0.0471. The Kier molecular flexibility index (Phi) is 7.20. The highest BCUT2D eigenvalue weighted by Gasteiger charge is 2.40. The predicted molar refractivity (Wildman–Crippen MR) is 119 cm³/mol. The van der Waals surface area contributed by atoms with E-state index >= 15 is 0 Å². The average Bonchev–Trinajstić information content (AvgIpc) is 3.15. The van der Waals surface area contributed by atoms with Gasteiger partial charge in [-0.05, 0) is 78.4 Å². The number of benzene rings is 1. The fourth-order valence-electron chi connectivity index (χ4n) is 4.96. The lowest BCUT2D eigenvalue weighted by atomic mass is 9.73. The van der Waals surface area contributed by atoms with Crippen LogP contribution in [0.15, 0.2) is 47.1 Å². The van der Waals surface area contributed by atoms with Gasteiger partial charge in [0.05, 0.1) is 11.9 Å². The molecule has 1 aromatic heterocycles. The monoisotopic (exact) mass is 398 g/mol. The van der Waals surface area contributed by atoms with Gasteiger partial charge in [-0.3, -0.25) is 0 Å². The van der Waals surface area contributed by atoms with Crippen LogP contribution in [0, 0.1) is 12.3 Å². The van der Waals surface area contributed by atoms with E-state index in [-0.39, 0.29) is 16.9 Å². The summed E-state index contributed by atoms with van der Waals surface area (Å²) in [5, 5.41) is 3.79. The number of rotatable bonds is 9. The topological polar surface area (TPSA) is 37.6 Å². The summed E-state index contributed by atoms with van der Waals surface area (Å²) in [6.45, 7) is 10.5. The van der Waals surface area contributed by atoms with Crippen LogP contribution in [-0.2, 0) is 4.74 Å². The molecule has 0 saturated carbocycles. The second-order valence-corrected chi connectivity index (χ2v) is 9.72. The summed E-state index contributed by atoms with van der Waals surface area (Å²) in [5.41, 5.74) is 2.82. The summed E-state index contributed by atoms with van der Waals surface area (Å²) in [7, 11) is 4.35. The summed E-state index contributed by atoms with van der Waals surface area (Å²) in [6.07, 6.45) is 5.00. The van der Waals surface area contributed by atoms with E-state index in [1.54, 1.807) is 6.26 Å². The van der Waals surface area contributed by atoms with E-state index in [0.29, 0.717) is 0 Å². The number of ether oxygens (including phenoxy) is 1. The van der Waals surface area contributed by atoms with Gasteiger partial charge in [0.25, 0.3) is 0 Å². The molecule has 160 valence electrons. The SMILES string of the molecule is Cc1ccc(C(CCNCC2(CN(C)C)CCOC(C)(C)C2)c2ccco2)cc1. The first-order valence-electron chi connectivity index (χ1n) is 10.9. The number of furan rings is 1. The Morgan fingerprint density at radius 1 is 1.14 bits per heavy atom. The Morgan fingerprint density at radius 2 is 1.90 bits per heavy atom. The average molecular weight is 399 g/mol. The molecule has 0 radical (unpaired) electrons. The second-order valence-electron chi connectivity index (χ2n) is 9.72. The third-order valence-corrected chi connectivity index (χ3v) is 6.05. The summed E-state index contributed by atoms with van der Waals surface area (Å²) in [5.74, 6) is 1.33. The molecule has 2 unspecified atom stereocenters. The lowest BCUT2D eigenvalue weighted by Gasteiger charge is -2.46. The fraction of sp³-hybridized carbons (Fsp3) is 0.600. The van der Waals surface area contributed by atoms with Gasteiger partial charge in [-0.1, -0.05) is 29.8 Å². The third-order valence-electron chi connectivity index (χ3n) is 6.05. The van der Waals surface area contributed by atoms with E-state index in [0.717, 1.165) is 51.3 Å². The Labute approximate surface area is 176 Å². The Morgan fingerprint density at radius 3 is 2.52 bits per heavy atom. The van der Waals surface area contributed by atoms with E-state index in [9.17, 15) is 0 Å². The standard InChI is InChI=1S/C25H38N2O2/c1-20-8-10-21(11-9-20)22(23-7-6-15-28-23)12-14-26-18-25(19-27(4)5)13-16-29-24(2,3)17-25/h6-11,15,22,26H,12-14,16-19H2,1-5H3. The Hall–Kier alpha value is -1.62. The smallest absolute Gasteiger partial charge is 0.111 e. The highest BCUT2D eigenvalue weighted by atomic mass is 16.5. The summed E-state index contributed by atoms with van der Waals surface area (Å²) >= 11 is 0. The van der Waals surface area contributed by atoms with Gasteiger partial charge < -0.3 is 19.4 Å². The van der Waals surface area contributed by atoms with Crippen LogP contribution in [0.5, 0.6) is 0 Å². The first-order chi connectivity index (χ1) is 13.8. The maximum atomic E-state index is 6.00. The van der Waals surface area contributed by atoms with E-state index < -0.39 is 0 Å². The first-order valence-corrected chi connectivity index (χ1v) is 10.9. The van der Waals surface area contributed by atoms with Crippen molar-refractivity contribution < 1.29 is 9.15 Å². The molecule has 0 bridgehead atoms. The van der Waals surface area contributed by atoms with Crippen LogP contribution < -0.4 is 5.32 Å². The van der Waals surface area contributed by atoms with Gasteiger partial charge in [-0.2, -0.15) is 0 Å². The number of aryl methyl sites for hydroxylation is 1. The van der Waals surface area contributed by atoms with Crippen molar-refractivity contribution >= 4 is 0 Å². The highest BCUT2D eigenvalue weighted by molar-refractivity contribution is 5.30. The molecule has 1 fully saturated rings. The minimum absolute atomic E-state index is 0.0471. The van der Waals surface area contributed by atoms with Gasteiger partial charge in [-0.15, -0.1) is 0 Å². The van der Waals surface area contributed by atoms with Gasteiger partial charge in [0.15, 0.2) is 0 Å². The van der Waals surface area contributed by atoms with Crippen LogP contribution in [-0.4, -0.2) is 50.8 Å². The summed E-state index contributed by atoms with van der Waals surface area (Å²) < 4.78 is 11.8. The van der Waals surface area contributed by atoms with Crippen LogP contribution >= 0.6 is 0 Å². The number of hydrogen-bond donors (Lipinski definition) is 1. The predicted octanol–water partition coefficient (Wildman–Crippen LogP) is 4.84.